The van der Waals surface area contributed by atoms with Gasteiger partial charge in [0.2, 0.25) is 0 Å². The van der Waals surface area contributed by atoms with E-state index in [1.165, 1.54) is 5.56 Å². The molecule has 0 aliphatic carbocycles. The summed E-state index contributed by atoms with van der Waals surface area (Å²) in [6.07, 6.45) is 0.306. The topological polar surface area (TPSA) is 12.5 Å². The average molecular weight is 227 g/mol. The van der Waals surface area contributed by atoms with Gasteiger partial charge in [-0.3, -0.25) is 0 Å². The van der Waals surface area contributed by atoms with E-state index in [2.05, 4.69) is 25.7 Å². The highest BCUT2D eigenvalue weighted by Crippen LogP contribution is 2.44. The van der Waals surface area contributed by atoms with Crippen molar-refractivity contribution in [1.29, 1.82) is 0 Å². The van der Waals surface area contributed by atoms with Crippen molar-refractivity contribution in [2.45, 2.75) is 31.5 Å². The fraction of sp³-hybridized carbons (Fsp3) is 0.455. The lowest BCUT2D eigenvalue weighted by atomic mass is 10.2. The van der Waals surface area contributed by atoms with Crippen LogP contribution < -0.4 is 0 Å². The number of ether oxygens (including phenoxy) is 1. The van der Waals surface area contributed by atoms with Crippen LogP contribution in [0.2, 0.25) is 24.7 Å². The molecule has 14 heavy (non-hydrogen) atoms. The fourth-order valence-corrected chi connectivity index (χ4v) is 3.56. The Morgan fingerprint density at radius 1 is 1.29 bits per heavy atom. The van der Waals surface area contributed by atoms with Gasteiger partial charge >= 0.3 is 0 Å². The zero-order chi connectivity index (χ0) is 10.3. The minimum atomic E-state index is -1.15. The van der Waals surface area contributed by atoms with Crippen molar-refractivity contribution >= 4 is 19.7 Å². The third-order valence-electron chi connectivity index (χ3n) is 2.52. The zero-order valence-electron chi connectivity index (χ0n) is 8.75. The van der Waals surface area contributed by atoms with Crippen LogP contribution in [0.5, 0.6) is 0 Å². The zero-order valence-corrected chi connectivity index (χ0v) is 10.5. The SMILES string of the molecule is C[Si](C)(C)[C@H]1O[C@H]1c1cccc(Cl)c1. The van der Waals surface area contributed by atoms with E-state index in [1.807, 2.05) is 18.2 Å². The molecule has 0 spiro atoms. The lowest BCUT2D eigenvalue weighted by Crippen LogP contribution is -2.29. The van der Waals surface area contributed by atoms with Gasteiger partial charge in [0.05, 0.1) is 13.8 Å². The number of hydrogen-bond acceptors (Lipinski definition) is 1. The van der Waals surface area contributed by atoms with E-state index >= 15 is 0 Å². The molecule has 0 N–H and O–H groups in total. The molecule has 2 atom stereocenters. The summed E-state index contributed by atoms with van der Waals surface area (Å²) in [5, 5.41) is 0.798. The Morgan fingerprint density at radius 3 is 2.50 bits per heavy atom. The summed E-state index contributed by atoms with van der Waals surface area (Å²) in [6.45, 7) is 7.01. The lowest BCUT2D eigenvalue weighted by molar-refractivity contribution is 0.400. The first kappa shape index (κ1) is 10.2. The van der Waals surface area contributed by atoms with Crippen LogP contribution in [0.15, 0.2) is 24.3 Å². The van der Waals surface area contributed by atoms with Gasteiger partial charge in [0.25, 0.3) is 0 Å². The van der Waals surface area contributed by atoms with Crippen LogP contribution in [-0.2, 0) is 4.74 Å². The lowest BCUT2D eigenvalue weighted by Gasteiger charge is -2.11. The van der Waals surface area contributed by atoms with Crippen LogP contribution in [0.3, 0.4) is 0 Å². The van der Waals surface area contributed by atoms with E-state index in [0.717, 1.165) is 5.02 Å². The Kier molecular flexibility index (Phi) is 2.46. The molecular formula is C11H15ClOSi. The number of hydrogen-bond donors (Lipinski definition) is 0. The molecule has 0 bridgehead atoms. The predicted molar refractivity (Wildman–Crippen MR) is 62.4 cm³/mol. The van der Waals surface area contributed by atoms with E-state index in [9.17, 15) is 0 Å². The summed E-state index contributed by atoms with van der Waals surface area (Å²) < 4.78 is 5.73. The monoisotopic (exact) mass is 226 g/mol. The van der Waals surface area contributed by atoms with Gasteiger partial charge < -0.3 is 4.74 Å². The van der Waals surface area contributed by atoms with Crippen molar-refractivity contribution in [1.82, 2.24) is 0 Å². The molecule has 1 aliphatic rings. The molecule has 1 aromatic carbocycles. The number of rotatable bonds is 2. The summed E-state index contributed by atoms with van der Waals surface area (Å²) >= 11 is 5.93. The Bertz CT molecular complexity index is 345. The highest BCUT2D eigenvalue weighted by Gasteiger charge is 2.48. The maximum absolute atomic E-state index is 5.93. The Morgan fingerprint density at radius 2 is 2.00 bits per heavy atom. The van der Waals surface area contributed by atoms with Crippen LogP contribution in [0.25, 0.3) is 0 Å². The Balaban J connectivity index is 2.14. The van der Waals surface area contributed by atoms with E-state index in [-0.39, 0.29) is 0 Å². The van der Waals surface area contributed by atoms with E-state index in [0.29, 0.717) is 11.8 Å². The van der Waals surface area contributed by atoms with Crippen LogP contribution in [0, 0.1) is 0 Å². The van der Waals surface area contributed by atoms with Crippen LogP contribution in [0.4, 0.5) is 0 Å². The second kappa shape index (κ2) is 3.37. The van der Waals surface area contributed by atoms with Gasteiger partial charge in [0.1, 0.15) is 6.10 Å². The van der Waals surface area contributed by atoms with Crippen molar-refractivity contribution in [3.8, 4) is 0 Å². The van der Waals surface area contributed by atoms with Crippen molar-refractivity contribution in [2.24, 2.45) is 0 Å². The fourth-order valence-electron chi connectivity index (χ4n) is 1.71. The first-order valence-electron chi connectivity index (χ1n) is 4.89. The van der Waals surface area contributed by atoms with Crippen molar-refractivity contribution < 1.29 is 4.74 Å². The van der Waals surface area contributed by atoms with E-state index in [4.69, 9.17) is 16.3 Å². The first-order chi connectivity index (χ1) is 6.48. The molecule has 1 aromatic rings. The molecular weight excluding hydrogens is 212 g/mol. The molecule has 76 valence electrons. The molecule has 1 fully saturated rings. The second-order valence-electron chi connectivity index (χ2n) is 4.90. The smallest absolute Gasteiger partial charge is 0.106 e. The van der Waals surface area contributed by atoms with E-state index < -0.39 is 8.07 Å². The Hall–Kier alpha value is -0.313. The highest BCUT2D eigenvalue weighted by atomic mass is 35.5. The molecule has 1 aliphatic heterocycles. The molecule has 1 heterocycles. The summed E-state index contributed by atoms with van der Waals surface area (Å²) in [5.41, 5.74) is 1.70. The van der Waals surface area contributed by atoms with Gasteiger partial charge in [0.15, 0.2) is 0 Å². The summed E-state index contributed by atoms with van der Waals surface area (Å²) in [7, 11) is -1.15. The molecule has 0 saturated carbocycles. The first-order valence-corrected chi connectivity index (χ1v) is 8.85. The maximum atomic E-state index is 5.93. The van der Waals surface area contributed by atoms with Gasteiger partial charge in [0, 0.05) is 5.02 Å². The average Bonchev–Trinajstić information content (AvgIpc) is 2.81. The largest absolute Gasteiger partial charge is 0.368 e. The van der Waals surface area contributed by atoms with Crippen LogP contribution >= 0.6 is 11.6 Å². The minimum Gasteiger partial charge on any atom is -0.368 e. The normalized spacial score (nSPS) is 26.3. The van der Waals surface area contributed by atoms with Crippen molar-refractivity contribution in [3.05, 3.63) is 34.9 Å². The molecule has 0 amide bonds. The third-order valence-corrected chi connectivity index (χ3v) is 4.90. The van der Waals surface area contributed by atoms with E-state index in [1.54, 1.807) is 0 Å². The summed E-state index contributed by atoms with van der Waals surface area (Å²) in [4.78, 5) is 0. The van der Waals surface area contributed by atoms with Gasteiger partial charge in [-0.25, -0.2) is 0 Å². The number of epoxide rings is 1. The maximum Gasteiger partial charge on any atom is 0.106 e. The predicted octanol–water partition coefficient (Wildman–Crippen LogP) is 3.66. The molecule has 0 aromatic heterocycles. The molecule has 0 unspecified atom stereocenters. The van der Waals surface area contributed by atoms with Gasteiger partial charge in [-0.15, -0.1) is 0 Å². The number of halogens is 1. The standard InChI is InChI=1S/C11H15ClOSi/c1-14(2,3)11-10(13-11)8-5-4-6-9(12)7-8/h4-7,10-11H,1-3H3/t10-,11+/m0/s1. The highest BCUT2D eigenvalue weighted by molar-refractivity contribution is 6.78. The van der Waals surface area contributed by atoms with Gasteiger partial charge in [-0.2, -0.15) is 0 Å². The van der Waals surface area contributed by atoms with Crippen molar-refractivity contribution in [2.75, 3.05) is 0 Å². The molecule has 2 rings (SSSR count). The molecule has 1 nitrogen and oxygen atoms in total. The van der Waals surface area contributed by atoms with Gasteiger partial charge in [-0.05, 0) is 17.7 Å². The summed E-state index contributed by atoms with van der Waals surface area (Å²) in [5.74, 6) is 0. The third kappa shape index (κ3) is 2.02. The molecule has 3 heteroatoms. The van der Waals surface area contributed by atoms with Crippen LogP contribution in [-0.4, -0.2) is 13.8 Å². The number of benzene rings is 1. The molecule has 1 saturated heterocycles. The Labute approximate surface area is 91.0 Å². The summed E-state index contributed by atoms with van der Waals surface area (Å²) in [6, 6.07) is 7.99. The quantitative estimate of drug-likeness (QED) is 0.554. The van der Waals surface area contributed by atoms with Crippen molar-refractivity contribution in [3.63, 3.8) is 0 Å². The van der Waals surface area contributed by atoms with Crippen LogP contribution in [0.1, 0.15) is 11.7 Å². The minimum absolute atomic E-state index is 0.306. The molecule has 0 radical (unpaired) electrons. The second-order valence-corrected chi connectivity index (χ2v) is 10.6. The van der Waals surface area contributed by atoms with Gasteiger partial charge in [-0.1, -0.05) is 43.4 Å².